The molecule has 0 radical (unpaired) electrons. The van der Waals surface area contributed by atoms with Crippen molar-refractivity contribution >= 4 is 29.0 Å². The van der Waals surface area contributed by atoms with Crippen LogP contribution in [0.15, 0.2) is 29.4 Å². The monoisotopic (exact) mass is 422 g/mol. The van der Waals surface area contributed by atoms with Gasteiger partial charge in [0.05, 0.1) is 12.3 Å². The topological polar surface area (TPSA) is 50.7 Å². The molecule has 0 atom stereocenters. The van der Waals surface area contributed by atoms with Crippen molar-refractivity contribution in [1.82, 2.24) is 0 Å². The Morgan fingerprint density at radius 2 is 1.38 bits per heavy atom. The second-order valence-corrected chi connectivity index (χ2v) is 7.97. The number of unbranched alkanes of at least 4 members (excludes halogenated alkanes) is 11. The summed E-state index contributed by atoms with van der Waals surface area (Å²) in [7, 11) is 0. The van der Waals surface area contributed by atoms with Gasteiger partial charge in [0.25, 0.3) is 0 Å². The third-order valence-electron chi connectivity index (χ3n) is 4.94. The molecule has 4 nitrogen and oxygen atoms in total. The Morgan fingerprint density at radius 3 is 1.90 bits per heavy atom. The lowest BCUT2D eigenvalue weighted by Gasteiger charge is -2.08. The van der Waals surface area contributed by atoms with Crippen LogP contribution in [0.2, 0.25) is 5.02 Å². The molecule has 0 spiro atoms. The molecule has 0 aliphatic heterocycles. The first-order chi connectivity index (χ1) is 14.2. The number of rotatable bonds is 17. The lowest BCUT2D eigenvalue weighted by Crippen LogP contribution is -2.19. The van der Waals surface area contributed by atoms with Gasteiger partial charge in [-0.05, 0) is 44.0 Å². The maximum Gasteiger partial charge on any atom is 0.354 e. The van der Waals surface area contributed by atoms with Gasteiger partial charge in [-0.2, -0.15) is 5.10 Å². The summed E-state index contributed by atoms with van der Waals surface area (Å²) >= 11 is 5.89. The summed E-state index contributed by atoms with van der Waals surface area (Å²) in [5, 5.41) is 4.95. The van der Waals surface area contributed by atoms with Crippen LogP contribution < -0.4 is 5.43 Å². The molecule has 0 aromatic heterocycles. The zero-order valence-electron chi connectivity index (χ0n) is 18.4. The highest BCUT2D eigenvalue weighted by Crippen LogP contribution is 2.15. The quantitative estimate of drug-likeness (QED) is 0.121. The molecule has 0 saturated carbocycles. The molecule has 0 aliphatic carbocycles. The average molecular weight is 423 g/mol. The molecule has 29 heavy (non-hydrogen) atoms. The van der Waals surface area contributed by atoms with Gasteiger partial charge in [-0.15, -0.1) is 0 Å². The molecular weight excluding hydrogens is 384 g/mol. The number of hydrogen-bond donors (Lipinski definition) is 1. The van der Waals surface area contributed by atoms with E-state index in [1.807, 2.05) is 19.1 Å². The highest BCUT2D eigenvalue weighted by atomic mass is 35.5. The zero-order valence-corrected chi connectivity index (χ0v) is 19.1. The van der Waals surface area contributed by atoms with Gasteiger partial charge in [0.1, 0.15) is 5.71 Å². The summed E-state index contributed by atoms with van der Waals surface area (Å²) in [5.74, 6) is -0.336. The highest BCUT2D eigenvalue weighted by molar-refractivity contribution is 6.36. The van der Waals surface area contributed by atoms with Crippen LogP contribution in [-0.4, -0.2) is 18.3 Å². The smallest absolute Gasteiger partial charge is 0.354 e. The van der Waals surface area contributed by atoms with E-state index in [2.05, 4.69) is 17.5 Å². The SMILES string of the molecule is CCCCCCCCCCCCCC/C(=N/Nc1ccc(Cl)cc1)C(=O)OCC. The maximum atomic E-state index is 12.1. The van der Waals surface area contributed by atoms with E-state index in [1.54, 1.807) is 12.1 Å². The summed E-state index contributed by atoms with van der Waals surface area (Å²) in [6.07, 6.45) is 16.1. The van der Waals surface area contributed by atoms with Crippen LogP contribution in [0.5, 0.6) is 0 Å². The minimum atomic E-state index is -0.336. The first-order valence-corrected chi connectivity index (χ1v) is 11.8. The van der Waals surface area contributed by atoms with Crippen molar-refractivity contribution in [2.45, 2.75) is 97.3 Å². The summed E-state index contributed by atoms with van der Waals surface area (Å²) < 4.78 is 5.14. The third-order valence-corrected chi connectivity index (χ3v) is 5.19. The van der Waals surface area contributed by atoms with E-state index < -0.39 is 0 Å². The fraction of sp³-hybridized carbons (Fsp3) is 0.667. The number of carbonyl (C=O) groups is 1. The molecule has 0 aliphatic rings. The number of nitrogens with one attached hydrogen (secondary N) is 1. The van der Waals surface area contributed by atoms with E-state index in [9.17, 15) is 4.79 Å². The summed E-state index contributed by atoms with van der Waals surface area (Å²) in [5.41, 5.74) is 4.18. The first-order valence-electron chi connectivity index (χ1n) is 11.4. The third kappa shape index (κ3) is 13.3. The molecule has 5 heteroatoms. The molecule has 1 rings (SSSR count). The Balaban J connectivity index is 2.21. The molecular formula is C24H39ClN2O2. The fourth-order valence-corrected chi connectivity index (χ4v) is 3.33. The lowest BCUT2D eigenvalue weighted by molar-refractivity contribution is -0.135. The molecule has 0 fully saturated rings. The second-order valence-electron chi connectivity index (χ2n) is 7.54. The van der Waals surface area contributed by atoms with E-state index in [-0.39, 0.29) is 5.97 Å². The van der Waals surface area contributed by atoms with Crippen molar-refractivity contribution in [1.29, 1.82) is 0 Å². The van der Waals surface area contributed by atoms with Gasteiger partial charge in [0, 0.05) is 5.02 Å². The number of nitrogens with zero attached hydrogens (tertiary/aromatic N) is 1. The maximum absolute atomic E-state index is 12.1. The zero-order chi connectivity index (χ0) is 21.2. The van der Waals surface area contributed by atoms with Crippen molar-refractivity contribution < 1.29 is 9.53 Å². The molecule has 164 valence electrons. The number of halogens is 1. The van der Waals surface area contributed by atoms with Crippen LogP contribution in [0.4, 0.5) is 5.69 Å². The Kier molecular flexibility index (Phi) is 15.2. The van der Waals surface area contributed by atoms with E-state index in [0.29, 0.717) is 23.8 Å². The minimum absolute atomic E-state index is 0.336. The molecule has 0 saturated heterocycles. The Hall–Kier alpha value is -1.55. The van der Waals surface area contributed by atoms with E-state index in [0.717, 1.165) is 18.5 Å². The van der Waals surface area contributed by atoms with Gasteiger partial charge in [-0.3, -0.25) is 5.43 Å². The van der Waals surface area contributed by atoms with Gasteiger partial charge >= 0.3 is 5.97 Å². The summed E-state index contributed by atoms with van der Waals surface area (Å²) in [6.45, 7) is 4.43. The standard InChI is InChI=1S/C24H39ClN2O2/c1-3-5-6-7-8-9-10-11-12-13-14-15-16-23(24(28)29-4-2)27-26-22-19-17-21(25)18-20-22/h17-20,26H,3-16H2,1-2H3/b27-23-. The van der Waals surface area contributed by atoms with Crippen molar-refractivity contribution in [2.24, 2.45) is 5.10 Å². The summed E-state index contributed by atoms with van der Waals surface area (Å²) in [6, 6.07) is 7.24. The van der Waals surface area contributed by atoms with Crippen molar-refractivity contribution in [3.63, 3.8) is 0 Å². The van der Waals surface area contributed by atoms with Gasteiger partial charge in [0.2, 0.25) is 0 Å². The van der Waals surface area contributed by atoms with Crippen LogP contribution >= 0.6 is 11.6 Å². The Labute approximate surface area is 182 Å². The van der Waals surface area contributed by atoms with E-state index >= 15 is 0 Å². The van der Waals surface area contributed by atoms with Crippen LogP contribution in [-0.2, 0) is 9.53 Å². The predicted molar refractivity (Wildman–Crippen MR) is 125 cm³/mol. The van der Waals surface area contributed by atoms with Gasteiger partial charge in [0.15, 0.2) is 0 Å². The number of benzene rings is 1. The van der Waals surface area contributed by atoms with E-state index in [4.69, 9.17) is 16.3 Å². The van der Waals surface area contributed by atoms with Crippen molar-refractivity contribution in [3.8, 4) is 0 Å². The van der Waals surface area contributed by atoms with Crippen LogP contribution in [0, 0.1) is 0 Å². The molecule has 0 amide bonds. The molecule has 1 N–H and O–H groups in total. The average Bonchev–Trinajstić information content (AvgIpc) is 2.72. The molecule has 0 unspecified atom stereocenters. The van der Waals surface area contributed by atoms with Crippen LogP contribution in [0.25, 0.3) is 0 Å². The lowest BCUT2D eigenvalue weighted by atomic mass is 10.0. The van der Waals surface area contributed by atoms with Gasteiger partial charge in [-0.25, -0.2) is 4.79 Å². The largest absolute Gasteiger partial charge is 0.461 e. The number of carbonyl (C=O) groups excluding carboxylic acids is 1. The Morgan fingerprint density at radius 1 is 0.862 bits per heavy atom. The van der Waals surface area contributed by atoms with Crippen molar-refractivity contribution in [2.75, 3.05) is 12.0 Å². The molecule has 0 bridgehead atoms. The predicted octanol–water partition coefficient (Wildman–Crippen LogP) is 7.76. The number of anilines is 1. The Bertz CT molecular complexity index is 573. The van der Waals surface area contributed by atoms with E-state index in [1.165, 1.54) is 64.2 Å². The fourth-order valence-electron chi connectivity index (χ4n) is 3.21. The molecule has 0 heterocycles. The normalized spacial score (nSPS) is 11.5. The van der Waals surface area contributed by atoms with Crippen LogP contribution in [0.3, 0.4) is 0 Å². The highest BCUT2D eigenvalue weighted by Gasteiger charge is 2.12. The van der Waals surface area contributed by atoms with Crippen molar-refractivity contribution in [3.05, 3.63) is 29.3 Å². The number of hydrazone groups is 1. The second kappa shape index (κ2) is 17.3. The summed E-state index contributed by atoms with van der Waals surface area (Å²) in [4.78, 5) is 12.1. The number of hydrogen-bond acceptors (Lipinski definition) is 4. The van der Waals surface area contributed by atoms with Gasteiger partial charge < -0.3 is 4.74 Å². The molecule has 1 aromatic rings. The van der Waals surface area contributed by atoms with Crippen LogP contribution in [0.1, 0.15) is 97.3 Å². The number of esters is 1. The minimum Gasteiger partial charge on any atom is -0.461 e. The molecule has 1 aromatic carbocycles. The van der Waals surface area contributed by atoms with Gasteiger partial charge in [-0.1, -0.05) is 89.2 Å². The first kappa shape index (κ1) is 25.5. The number of ether oxygens (including phenoxy) is 1.